The molecular weight excluding hydrogens is 222 g/mol. The molecule has 0 spiro atoms. The topological polar surface area (TPSA) is 23.5 Å². The molecule has 1 N–H and O–H groups in total. The molecule has 1 rings (SSSR count). The summed E-state index contributed by atoms with van der Waals surface area (Å²) < 4.78 is 0. The van der Waals surface area contributed by atoms with Gasteiger partial charge in [0.1, 0.15) is 0 Å². The molecule has 0 unspecified atom stereocenters. The molecule has 1 aromatic carbocycles. The lowest BCUT2D eigenvalue weighted by Crippen LogP contribution is -2.19. The molecule has 1 atom stereocenters. The van der Waals surface area contributed by atoms with Crippen LogP contribution in [0, 0.1) is 0 Å². The number of nitrogens with zero attached hydrogens (tertiary/aromatic N) is 1. The van der Waals surface area contributed by atoms with Crippen molar-refractivity contribution in [3.8, 4) is 0 Å². The van der Waals surface area contributed by atoms with E-state index < -0.39 is 6.10 Å². The highest BCUT2D eigenvalue weighted by molar-refractivity contribution is 6.33. The van der Waals surface area contributed by atoms with Crippen molar-refractivity contribution in [2.75, 3.05) is 18.5 Å². The van der Waals surface area contributed by atoms with E-state index in [4.69, 9.17) is 11.6 Å². The van der Waals surface area contributed by atoms with Crippen molar-refractivity contribution >= 4 is 17.3 Å². The number of benzene rings is 1. The summed E-state index contributed by atoms with van der Waals surface area (Å²) in [4.78, 5) is 2.04. The van der Waals surface area contributed by atoms with Gasteiger partial charge < -0.3 is 10.0 Å². The third kappa shape index (κ3) is 3.26. The largest absolute Gasteiger partial charge is 0.389 e. The number of likely N-dealkylation sites (N-methyl/N-ethyl adjacent to an activating group) is 1. The fourth-order valence-electron chi connectivity index (χ4n) is 1.58. The SMILES string of the molecule is C=C(C)CN(C)c1ccc([C@H](C)O)cc1Cl. The molecule has 16 heavy (non-hydrogen) atoms. The molecule has 0 bridgehead atoms. The summed E-state index contributed by atoms with van der Waals surface area (Å²) >= 11 is 6.17. The fourth-order valence-corrected chi connectivity index (χ4v) is 1.92. The van der Waals surface area contributed by atoms with Crippen LogP contribution < -0.4 is 4.90 Å². The maximum Gasteiger partial charge on any atom is 0.0762 e. The zero-order chi connectivity index (χ0) is 12.3. The van der Waals surface area contributed by atoms with E-state index in [1.807, 2.05) is 31.0 Å². The van der Waals surface area contributed by atoms with Crippen LogP contribution in [-0.4, -0.2) is 18.7 Å². The zero-order valence-electron chi connectivity index (χ0n) is 10.00. The van der Waals surface area contributed by atoms with Gasteiger partial charge in [-0.05, 0) is 31.5 Å². The average Bonchev–Trinajstić information content (AvgIpc) is 2.15. The van der Waals surface area contributed by atoms with Crippen molar-refractivity contribution in [1.82, 2.24) is 0 Å². The molecular formula is C13H18ClNO. The van der Waals surface area contributed by atoms with E-state index in [0.29, 0.717) is 5.02 Å². The number of hydrogen-bond donors (Lipinski definition) is 1. The van der Waals surface area contributed by atoms with Gasteiger partial charge in [-0.3, -0.25) is 0 Å². The third-order valence-corrected chi connectivity index (χ3v) is 2.68. The van der Waals surface area contributed by atoms with Crippen molar-refractivity contribution in [2.24, 2.45) is 0 Å². The van der Waals surface area contributed by atoms with Gasteiger partial charge in [0.2, 0.25) is 0 Å². The lowest BCUT2D eigenvalue weighted by Gasteiger charge is -2.21. The normalized spacial score (nSPS) is 12.3. The Balaban J connectivity index is 2.94. The van der Waals surface area contributed by atoms with Gasteiger partial charge in [0.25, 0.3) is 0 Å². The number of anilines is 1. The number of rotatable bonds is 4. The predicted octanol–water partition coefficient (Wildman–Crippen LogP) is 3.41. The van der Waals surface area contributed by atoms with Gasteiger partial charge in [-0.1, -0.05) is 29.8 Å². The van der Waals surface area contributed by atoms with E-state index in [1.165, 1.54) is 0 Å². The number of hydrogen-bond acceptors (Lipinski definition) is 2. The van der Waals surface area contributed by atoms with Gasteiger partial charge in [0.05, 0.1) is 16.8 Å². The Kier molecular flexibility index (Phi) is 4.39. The summed E-state index contributed by atoms with van der Waals surface area (Å²) in [5.41, 5.74) is 2.87. The van der Waals surface area contributed by atoms with Gasteiger partial charge in [-0.15, -0.1) is 0 Å². The summed E-state index contributed by atoms with van der Waals surface area (Å²) in [5.74, 6) is 0. The Bertz CT molecular complexity index is 388. The summed E-state index contributed by atoms with van der Waals surface area (Å²) in [6.45, 7) is 8.35. The molecule has 0 amide bonds. The van der Waals surface area contributed by atoms with Crippen molar-refractivity contribution < 1.29 is 5.11 Å². The van der Waals surface area contributed by atoms with Crippen LogP contribution in [0.5, 0.6) is 0 Å². The number of aliphatic hydroxyl groups excluding tert-OH is 1. The van der Waals surface area contributed by atoms with Gasteiger partial charge >= 0.3 is 0 Å². The molecule has 0 heterocycles. The van der Waals surface area contributed by atoms with Crippen molar-refractivity contribution in [2.45, 2.75) is 20.0 Å². The van der Waals surface area contributed by atoms with Gasteiger partial charge in [-0.25, -0.2) is 0 Å². The highest BCUT2D eigenvalue weighted by Gasteiger charge is 2.09. The van der Waals surface area contributed by atoms with E-state index in [1.54, 1.807) is 13.0 Å². The second kappa shape index (κ2) is 5.37. The van der Waals surface area contributed by atoms with Crippen LogP contribution in [0.1, 0.15) is 25.5 Å². The fraction of sp³-hybridized carbons (Fsp3) is 0.385. The quantitative estimate of drug-likeness (QED) is 0.814. The minimum absolute atomic E-state index is 0.488. The maximum atomic E-state index is 9.44. The Labute approximate surface area is 102 Å². The van der Waals surface area contributed by atoms with E-state index >= 15 is 0 Å². The first-order chi connectivity index (χ1) is 7.41. The van der Waals surface area contributed by atoms with Gasteiger partial charge in [0.15, 0.2) is 0 Å². The molecule has 88 valence electrons. The molecule has 1 aromatic rings. The molecule has 0 fully saturated rings. The second-order valence-electron chi connectivity index (χ2n) is 4.20. The van der Waals surface area contributed by atoms with Crippen LogP contribution in [0.25, 0.3) is 0 Å². The number of halogens is 1. The molecule has 0 radical (unpaired) electrons. The summed E-state index contributed by atoms with van der Waals surface area (Å²) in [6, 6.07) is 5.62. The first-order valence-electron chi connectivity index (χ1n) is 5.25. The summed E-state index contributed by atoms with van der Waals surface area (Å²) in [6.07, 6.45) is -0.488. The van der Waals surface area contributed by atoms with E-state index in [0.717, 1.165) is 23.4 Å². The standard InChI is InChI=1S/C13H18ClNO/c1-9(2)8-15(4)13-6-5-11(10(3)16)7-12(13)14/h5-7,10,16H,1,8H2,2-4H3/t10-/m0/s1. The maximum absolute atomic E-state index is 9.44. The van der Waals surface area contributed by atoms with Crippen LogP contribution in [0.2, 0.25) is 5.02 Å². The Morgan fingerprint density at radius 2 is 2.19 bits per heavy atom. The van der Waals surface area contributed by atoms with Gasteiger partial charge in [-0.2, -0.15) is 0 Å². The van der Waals surface area contributed by atoms with E-state index in [-0.39, 0.29) is 0 Å². The Hall–Kier alpha value is -0.990. The van der Waals surface area contributed by atoms with Crippen molar-refractivity contribution in [1.29, 1.82) is 0 Å². The third-order valence-electron chi connectivity index (χ3n) is 2.37. The Morgan fingerprint density at radius 1 is 1.56 bits per heavy atom. The van der Waals surface area contributed by atoms with E-state index in [2.05, 4.69) is 6.58 Å². The highest BCUT2D eigenvalue weighted by Crippen LogP contribution is 2.28. The highest BCUT2D eigenvalue weighted by atomic mass is 35.5. The molecule has 0 aliphatic heterocycles. The summed E-state index contributed by atoms with van der Waals surface area (Å²) in [5, 5.41) is 10.1. The molecule has 0 saturated carbocycles. The zero-order valence-corrected chi connectivity index (χ0v) is 10.8. The van der Waals surface area contributed by atoms with Crippen LogP contribution in [-0.2, 0) is 0 Å². The smallest absolute Gasteiger partial charge is 0.0762 e. The average molecular weight is 240 g/mol. The summed E-state index contributed by atoms with van der Waals surface area (Å²) in [7, 11) is 1.97. The van der Waals surface area contributed by atoms with Crippen LogP contribution in [0.15, 0.2) is 30.4 Å². The minimum atomic E-state index is -0.488. The monoisotopic (exact) mass is 239 g/mol. The first-order valence-corrected chi connectivity index (χ1v) is 5.62. The molecule has 0 aromatic heterocycles. The van der Waals surface area contributed by atoms with Gasteiger partial charge in [0, 0.05) is 13.6 Å². The molecule has 2 nitrogen and oxygen atoms in total. The number of aliphatic hydroxyl groups is 1. The molecule has 0 aliphatic rings. The molecule has 0 saturated heterocycles. The molecule has 0 aliphatic carbocycles. The Morgan fingerprint density at radius 3 is 2.62 bits per heavy atom. The van der Waals surface area contributed by atoms with Crippen LogP contribution >= 0.6 is 11.6 Å². The molecule has 3 heteroatoms. The van der Waals surface area contributed by atoms with E-state index in [9.17, 15) is 5.11 Å². The van der Waals surface area contributed by atoms with Crippen LogP contribution in [0.4, 0.5) is 5.69 Å². The lowest BCUT2D eigenvalue weighted by atomic mass is 10.1. The van der Waals surface area contributed by atoms with Crippen LogP contribution in [0.3, 0.4) is 0 Å². The lowest BCUT2D eigenvalue weighted by molar-refractivity contribution is 0.199. The first kappa shape index (κ1) is 13.1. The van der Waals surface area contributed by atoms with Crippen molar-refractivity contribution in [3.63, 3.8) is 0 Å². The predicted molar refractivity (Wildman–Crippen MR) is 70.2 cm³/mol. The second-order valence-corrected chi connectivity index (χ2v) is 4.61. The minimum Gasteiger partial charge on any atom is -0.389 e. The van der Waals surface area contributed by atoms with Crippen molar-refractivity contribution in [3.05, 3.63) is 40.9 Å².